The van der Waals surface area contributed by atoms with Crippen LogP contribution in [0.1, 0.15) is 21.3 Å². The van der Waals surface area contributed by atoms with Crippen LogP contribution in [0.3, 0.4) is 0 Å². The minimum Gasteiger partial charge on any atom is -0.507 e. The summed E-state index contributed by atoms with van der Waals surface area (Å²) < 4.78 is 0.757. The van der Waals surface area contributed by atoms with Gasteiger partial charge in [-0.15, -0.1) is 11.3 Å². The van der Waals surface area contributed by atoms with Crippen LogP contribution in [-0.4, -0.2) is 36.6 Å². The van der Waals surface area contributed by atoms with Crippen molar-refractivity contribution < 1.29 is 9.90 Å². The number of carbonyl (C=O) groups is 1. The van der Waals surface area contributed by atoms with E-state index in [2.05, 4.69) is 32.2 Å². The molecule has 112 valence electrons. The maximum atomic E-state index is 12.2. The molecule has 2 N–H and O–H groups in total. The molecule has 0 spiro atoms. The first-order valence-electron chi connectivity index (χ1n) is 6.45. The van der Waals surface area contributed by atoms with Crippen LogP contribution in [0.5, 0.6) is 5.75 Å². The quantitative estimate of drug-likeness (QED) is 0.851. The molecule has 1 atom stereocenters. The second-order valence-corrected chi connectivity index (χ2v) is 6.76. The van der Waals surface area contributed by atoms with Crippen molar-refractivity contribution in [2.75, 3.05) is 20.6 Å². The molecule has 0 aliphatic carbocycles. The van der Waals surface area contributed by atoms with E-state index in [4.69, 9.17) is 0 Å². The average molecular weight is 369 g/mol. The number of likely N-dealkylation sites (N-methyl/N-ethyl adjacent to an activating group) is 1. The molecule has 1 heterocycles. The Morgan fingerprint density at radius 1 is 1.43 bits per heavy atom. The summed E-state index contributed by atoms with van der Waals surface area (Å²) in [5, 5.41) is 14.7. The van der Waals surface area contributed by atoms with Gasteiger partial charge in [0.2, 0.25) is 0 Å². The van der Waals surface area contributed by atoms with Crippen molar-refractivity contribution in [2.24, 2.45) is 0 Å². The van der Waals surface area contributed by atoms with Gasteiger partial charge in [-0.25, -0.2) is 0 Å². The number of phenolic OH excluding ortho intramolecular Hbond substituents is 1. The van der Waals surface area contributed by atoms with E-state index in [-0.39, 0.29) is 23.3 Å². The Morgan fingerprint density at radius 3 is 2.81 bits per heavy atom. The number of nitrogens with zero attached hydrogens (tertiary/aromatic N) is 1. The number of hydrogen-bond acceptors (Lipinski definition) is 4. The van der Waals surface area contributed by atoms with Crippen molar-refractivity contribution in [1.29, 1.82) is 0 Å². The predicted octanol–water partition coefficient (Wildman–Crippen LogP) is 3.25. The zero-order valence-corrected chi connectivity index (χ0v) is 14.2. The fourth-order valence-corrected chi connectivity index (χ4v) is 3.28. The number of benzene rings is 1. The monoisotopic (exact) mass is 368 g/mol. The number of carbonyl (C=O) groups excluding carboxylic acids is 1. The number of amides is 1. The van der Waals surface area contributed by atoms with E-state index in [1.807, 2.05) is 25.5 Å². The minimum absolute atomic E-state index is 0.0202. The van der Waals surface area contributed by atoms with Gasteiger partial charge >= 0.3 is 0 Å². The van der Waals surface area contributed by atoms with E-state index >= 15 is 0 Å². The highest BCUT2D eigenvalue weighted by Crippen LogP contribution is 2.24. The highest BCUT2D eigenvalue weighted by molar-refractivity contribution is 9.10. The lowest BCUT2D eigenvalue weighted by atomic mass is 10.1. The van der Waals surface area contributed by atoms with E-state index in [1.165, 1.54) is 10.9 Å². The van der Waals surface area contributed by atoms with Gasteiger partial charge in [0.15, 0.2) is 0 Å². The normalized spacial score (nSPS) is 12.4. The Bertz CT molecular complexity index is 614. The topological polar surface area (TPSA) is 52.6 Å². The summed E-state index contributed by atoms with van der Waals surface area (Å²) in [6, 6.07) is 8.97. The third-order valence-corrected chi connectivity index (χ3v) is 4.62. The minimum atomic E-state index is -0.280. The van der Waals surface area contributed by atoms with Crippen LogP contribution in [0.25, 0.3) is 0 Å². The first-order valence-corrected chi connectivity index (χ1v) is 8.13. The van der Waals surface area contributed by atoms with Crippen LogP contribution < -0.4 is 5.32 Å². The SMILES string of the molecule is CN(C)C(CNC(=O)c1cc(Br)ccc1O)c1cccs1. The highest BCUT2D eigenvalue weighted by atomic mass is 79.9. The summed E-state index contributed by atoms with van der Waals surface area (Å²) >= 11 is 4.96. The molecule has 4 nitrogen and oxygen atoms in total. The molecule has 0 aliphatic rings. The Morgan fingerprint density at radius 2 is 2.19 bits per heavy atom. The van der Waals surface area contributed by atoms with E-state index in [0.29, 0.717) is 6.54 Å². The van der Waals surface area contributed by atoms with Gasteiger partial charge in [0, 0.05) is 15.9 Å². The summed E-state index contributed by atoms with van der Waals surface area (Å²) in [5.74, 6) is -0.301. The van der Waals surface area contributed by atoms with Crippen molar-refractivity contribution in [3.8, 4) is 5.75 Å². The summed E-state index contributed by atoms with van der Waals surface area (Å²) in [4.78, 5) is 15.5. The maximum absolute atomic E-state index is 12.2. The predicted molar refractivity (Wildman–Crippen MR) is 88.9 cm³/mol. The van der Waals surface area contributed by atoms with Crippen LogP contribution in [0.2, 0.25) is 0 Å². The standard InChI is InChI=1S/C15H17BrN2O2S/c1-18(2)12(14-4-3-7-21-14)9-17-15(20)11-8-10(16)5-6-13(11)19/h3-8,12,19H,9H2,1-2H3,(H,17,20). The zero-order valence-electron chi connectivity index (χ0n) is 11.8. The maximum Gasteiger partial charge on any atom is 0.255 e. The van der Waals surface area contributed by atoms with Gasteiger partial charge in [0.1, 0.15) is 5.75 Å². The number of hydrogen-bond donors (Lipinski definition) is 2. The van der Waals surface area contributed by atoms with Gasteiger partial charge in [-0.2, -0.15) is 0 Å². The van der Waals surface area contributed by atoms with Crippen molar-refractivity contribution in [3.63, 3.8) is 0 Å². The molecule has 0 fully saturated rings. The van der Waals surface area contributed by atoms with Crippen molar-refractivity contribution in [3.05, 3.63) is 50.6 Å². The molecule has 1 aromatic carbocycles. The molecule has 2 rings (SSSR count). The first-order chi connectivity index (χ1) is 9.99. The summed E-state index contributed by atoms with van der Waals surface area (Å²) in [7, 11) is 3.96. The van der Waals surface area contributed by atoms with Gasteiger partial charge in [0.25, 0.3) is 5.91 Å². The molecule has 0 saturated heterocycles. The number of halogens is 1. The van der Waals surface area contributed by atoms with Crippen molar-refractivity contribution in [2.45, 2.75) is 6.04 Å². The largest absolute Gasteiger partial charge is 0.507 e. The Hall–Kier alpha value is -1.37. The zero-order chi connectivity index (χ0) is 15.4. The van der Waals surface area contributed by atoms with E-state index in [0.717, 1.165) is 4.47 Å². The molecule has 0 saturated carbocycles. The van der Waals surface area contributed by atoms with Crippen LogP contribution in [-0.2, 0) is 0 Å². The number of thiophene rings is 1. The highest BCUT2D eigenvalue weighted by Gasteiger charge is 2.18. The van der Waals surface area contributed by atoms with E-state index in [1.54, 1.807) is 23.5 Å². The fraction of sp³-hybridized carbons (Fsp3) is 0.267. The second-order valence-electron chi connectivity index (χ2n) is 4.87. The molecular formula is C15H17BrN2O2S. The third-order valence-electron chi connectivity index (χ3n) is 3.15. The van der Waals surface area contributed by atoms with Crippen molar-refractivity contribution >= 4 is 33.2 Å². The average Bonchev–Trinajstić information content (AvgIpc) is 2.95. The number of phenols is 1. The summed E-state index contributed by atoms with van der Waals surface area (Å²) in [6.45, 7) is 0.484. The molecular weight excluding hydrogens is 352 g/mol. The van der Waals surface area contributed by atoms with Gasteiger partial charge in [-0.05, 0) is 43.7 Å². The smallest absolute Gasteiger partial charge is 0.255 e. The molecule has 21 heavy (non-hydrogen) atoms. The summed E-state index contributed by atoms with van der Waals surface area (Å²) in [6.07, 6.45) is 0. The number of rotatable bonds is 5. The number of nitrogens with one attached hydrogen (secondary N) is 1. The van der Waals surface area contributed by atoms with Crippen LogP contribution >= 0.6 is 27.3 Å². The molecule has 0 radical (unpaired) electrons. The van der Waals surface area contributed by atoms with Crippen molar-refractivity contribution in [1.82, 2.24) is 10.2 Å². The summed E-state index contributed by atoms with van der Waals surface area (Å²) in [5.41, 5.74) is 0.271. The van der Waals surface area contributed by atoms with Gasteiger partial charge in [-0.3, -0.25) is 4.79 Å². The molecule has 1 unspecified atom stereocenters. The molecule has 0 bridgehead atoms. The molecule has 1 amide bonds. The number of aromatic hydroxyl groups is 1. The molecule has 2 aromatic rings. The van der Waals surface area contributed by atoms with E-state index in [9.17, 15) is 9.90 Å². The Labute approximate surface area is 136 Å². The van der Waals surface area contributed by atoms with E-state index < -0.39 is 0 Å². The molecule has 0 aliphatic heterocycles. The Kier molecular flexibility index (Phi) is 5.39. The first kappa shape index (κ1) is 16.0. The molecule has 6 heteroatoms. The third kappa shape index (κ3) is 4.06. The lowest BCUT2D eigenvalue weighted by Crippen LogP contribution is -2.34. The second kappa shape index (κ2) is 7.06. The fourth-order valence-electron chi connectivity index (χ4n) is 1.99. The van der Waals surface area contributed by atoms with Crippen LogP contribution in [0.4, 0.5) is 0 Å². The molecule has 1 aromatic heterocycles. The van der Waals surface area contributed by atoms with Gasteiger partial charge < -0.3 is 15.3 Å². The lowest BCUT2D eigenvalue weighted by Gasteiger charge is -2.23. The Balaban J connectivity index is 2.07. The van der Waals surface area contributed by atoms with Crippen LogP contribution in [0.15, 0.2) is 40.2 Å². The van der Waals surface area contributed by atoms with Gasteiger partial charge in [0.05, 0.1) is 11.6 Å². The van der Waals surface area contributed by atoms with Crippen LogP contribution in [0, 0.1) is 0 Å². The van der Waals surface area contributed by atoms with Gasteiger partial charge in [-0.1, -0.05) is 22.0 Å². The lowest BCUT2D eigenvalue weighted by molar-refractivity contribution is 0.0939.